The van der Waals surface area contributed by atoms with E-state index >= 15 is 0 Å². The van der Waals surface area contributed by atoms with E-state index in [1.165, 1.54) is 0 Å². The summed E-state index contributed by atoms with van der Waals surface area (Å²) in [5.74, 6) is 1.43. The van der Waals surface area contributed by atoms with Crippen LogP contribution in [-0.4, -0.2) is 42.8 Å². The molecule has 1 N–H and O–H groups in total. The van der Waals surface area contributed by atoms with Crippen LogP contribution in [-0.2, 0) is 9.84 Å². The quantitative estimate of drug-likeness (QED) is 0.847. The van der Waals surface area contributed by atoms with Crippen molar-refractivity contribution >= 4 is 21.3 Å². The zero-order valence-electron chi connectivity index (χ0n) is 16.4. The molecular weight excluding hydrogens is 360 g/mol. The molecule has 3 rings (SSSR count). The van der Waals surface area contributed by atoms with Crippen LogP contribution in [0, 0.1) is 12.8 Å². The van der Waals surface area contributed by atoms with Gasteiger partial charge in [0.15, 0.2) is 14.9 Å². The molecule has 0 spiro atoms. The molecule has 1 fully saturated rings. The smallest absolute Gasteiger partial charge is 0.200 e. The van der Waals surface area contributed by atoms with Gasteiger partial charge in [-0.1, -0.05) is 6.07 Å². The SMILES string of the molecule is Cc1cccc(NCC2CCN(c3ccc(S(=O)(=O)C(C)(C)C)nc3)C2)n1. The zero-order valence-corrected chi connectivity index (χ0v) is 17.3. The number of anilines is 2. The normalized spacial score (nSPS) is 17.9. The Hall–Kier alpha value is -2.15. The third-order valence-corrected chi connectivity index (χ3v) is 7.32. The Morgan fingerprint density at radius 2 is 2.00 bits per heavy atom. The fourth-order valence-electron chi connectivity index (χ4n) is 3.16. The van der Waals surface area contributed by atoms with Gasteiger partial charge < -0.3 is 10.2 Å². The summed E-state index contributed by atoms with van der Waals surface area (Å²) in [5, 5.41) is 3.55. The van der Waals surface area contributed by atoms with Crippen molar-refractivity contribution in [3.8, 4) is 0 Å². The van der Waals surface area contributed by atoms with Gasteiger partial charge in [-0.25, -0.2) is 18.4 Å². The monoisotopic (exact) mass is 388 g/mol. The van der Waals surface area contributed by atoms with Gasteiger partial charge in [0.05, 0.1) is 16.6 Å². The van der Waals surface area contributed by atoms with Gasteiger partial charge in [0.25, 0.3) is 0 Å². The number of rotatable bonds is 5. The Balaban J connectivity index is 1.60. The van der Waals surface area contributed by atoms with Gasteiger partial charge in [0, 0.05) is 25.3 Å². The lowest BCUT2D eigenvalue weighted by Gasteiger charge is -2.21. The number of nitrogens with one attached hydrogen (secondary N) is 1. The highest BCUT2D eigenvalue weighted by Gasteiger charge is 2.32. The minimum Gasteiger partial charge on any atom is -0.370 e. The molecule has 146 valence electrons. The van der Waals surface area contributed by atoms with Crippen molar-refractivity contribution < 1.29 is 8.42 Å². The molecule has 1 aliphatic heterocycles. The summed E-state index contributed by atoms with van der Waals surface area (Å²) in [4.78, 5) is 11.0. The number of hydrogen-bond donors (Lipinski definition) is 1. The topological polar surface area (TPSA) is 75.2 Å². The van der Waals surface area contributed by atoms with E-state index in [4.69, 9.17) is 0 Å². The number of hydrogen-bond acceptors (Lipinski definition) is 6. The Morgan fingerprint density at radius 3 is 2.63 bits per heavy atom. The minimum atomic E-state index is -3.42. The first-order chi connectivity index (χ1) is 12.7. The summed E-state index contributed by atoms with van der Waals surface area (Å²) in [7, 11) is -3.42. The van der Waals surface area contributed by atoms with E-state index in [9.17, 15) is 8.42 Å². The second-order valence-corrected chi connectivity index (χ2v) is 10.8. The Bertz CT molecular complexity index is 889. The fourth-order valence-corrected chi connectivity index (χ4v) is 4.22. The number of pyridine rings is 2. The predicted molar refractivity (Wildman–Crippen MR) is 109 cm³/mol. The molecule has 27 heavy (non-hydrogen) atoms. The van der Waals surface area contributed by atoms with Crippen LogP contribution in [0.15, 0.2) is 41.6 Å². The van der Waals surface area contributed by atoms with Crippen molar-refractivity contribution in [1.29, 1.82) is 0 Å². The van der Waals surface area contributed by atoms with Crippen LogP contribution in [0.5, 0.6) is 0 Å². The van der Waals surface area contributed by atoms with Gasteiger partial charge in [0.2, 0.25) is 0 Å². The standard InChI is InChI=1S/C20H28N4O2S/c1-15-6-5-7-18(23-15)21-12-16-10-11-24(14-16)17-8-9-19(22-13-17)27(25,26)20(2,3)4/h5-9,13,16H,10-12,14H2,1-4H3,(H,21,23). The third-order valence-electron chi connectivity index (χ3n) is 4.91. The molecule has 2 aromatic heterocycles. The first kappa shape index (κ1) is 19.6. The van der Waals surface area contributed by atoms with Crippen LogP contribution in [0.4, 0.5) is 11.5 Å². The van der Waals surface area contributed by atoms with Gasteiger partial charge in [-0.3, -0.25) is 0 Å². The summed E-state index contributed by atoms with van der Waals surface area (Å²) in [5.41, 5.74) is 1.98. The molecule has 0 bridgehead atoms. The van der Waals surface area contributed by atoms with Crippen molar-refractivity contribution in [3.05, 3.63) is 42.2 Å². The Labute approximate surface area is 162 Å². The highest BCUT2D eigenvalue weighted by molar-refractivity contribution is 7.92. The predicted octanol–water partition coefficient (Wildman–Crippen LogP) is 3.30. The molecule has 0 aliphatic carbocycles. The van der Waals surface area contributed by atoms with Crippen molar-refractivity contribution in [3.63, 3.8) is 0 Å². The van der Waals surface area contributed by atoms with Gasteiger partial charge in [-0.15, -0.1) is 0 Å². The molecule has 7 heteroatoms. The molecule has 2 aromatic rings. The van der Waals surface area contributed by atoms with E-state index in [0.717, 1.165) is 43.3 Å². The minimum absolute atomic E-state index is 0.140. The molecule has 3 heterocycles. The van der Waals surface area contributed by atoms with Gasteiger partial charge in [0.1, 0.15) is 5.82 Å². The maximum Gasteiger partial charge on any atom is 0.200 e. The fraction of sp³-hybridized carbons (Fsp3) is 0.500. The van der Waals surface area contributed by atoms with Crippen molar-refractivity contribution in [2.45, 2.75) is 43.9 Å². The lowest BCUT2D eigenvalue weighted by molar-refractivity contribution is 0.556. The van der Waals surface area contributed by atoms with Crippen LogP contribution in [0.2, 0.25) is 0 Å². The number of aromatic nitrogens is 2. The summed E-state index contributed by atoms with van der Waals surface area (Å²) in [6.07, 6.45) is 2.76. The van der Waals surface area contributed by atoms with Crippen LogP contribution in [0.1, 0.15) is 32.9 Å². The van der Waals surface area contributed by atoms with Gasteiger partial charge in [-0.2, -0.15) is 0 Å². The first-order valence-corrected chi connectivity index (χ1v) is 10.8. The molecule has 1 unspecified atom stereocenters. The van der Waals surface area contributed by atoms with Gasteiger partial charge in [-0.05, 0) is 64.3 Å². The lowest BCUT2D eigenvalue weighted by Crippen LogP contribution is -2.29. The zero-order chi connectivity index (χ0) is 19.7. The van der Waals surface area contributed by atoms with E-state index in [1.807, 2.05) is 31.2 Å². The molecule has 0 aromatic carbocycles. The van der Waals surface area contributed by atoms with E-state index in [-0.39, 0.29) is 5.03 Å². The number of nitrogens with zero attached hydrogens (tertiary/aromatic N) is 3. The third kappa shape index (κ3) is 4.40. The average molecular weight is 389 g/mol. The number of aryl methyl sites for hydroxylation is 1. The summed E-state index contributed by atoms with van der Waals surface area (Å²) in [6, 6.07) is 9.46. The maximum absolute atomic E-state index is 12.5. The second kappa shape index (κ2) is 7.46. The molecule has 0 saturated carbocycles. The first-order valence-electron chi connectivity index (χ1n) is 9.30. The molecular formula is C20H28N4O2S. The van der Waals surface area contributed by atoms with E-state index in [1.54, 1.807) is 33.0 Å². The Kier molecular flexibility index (Phi) is 5.42. The van der Waals surface area contributed by atoms with E-state index in [0.29, 0.717) is 5.92 Å². The van der Waals surface area contributed by atoms with Crippen molar-refractivity contribution in [1.82, 2.24) is 9.97 Å². The highest BCUT2D eigenvalue weighted by atomic mass is 32.2. The largest absolute Gasteiger partial charge is 0.370 e. The van der Waals surface area contributed by atoms with E-state index < -0.39 is 14.6 Å². The van der Waals surface area contributed by atoms with Crippen LogP contribution in [0.25, 0.3) is 0 Å². The molecule has 0 amide bonds. The highest BCUT2D eigenvalue weighted by Crippen LogP contribution is 2.27. The lowest BCUT2D eigenvalue weighted by atomic mass is 10.1. The molecule has 1 saturated heterocycles. The Morgan fingerprint density at radius 1 is 1.22 bits per heavy atom. The van der Waals surface area contributed by atoms with Crippen LogP contribution >= 0.6 is 0 Å². The van der Waals surface area contributed by atoms with Crippen molar-refractivity contribution in [2.75, 3.05) is 29.9 Å². The van der Waals surface area contributed by atoms with Crippen molar-refractivity contribution in [2.24, 2.45) is 5.92 Å². The van der Waals surface area contributed by atoms with Crippen LogP contribution < -0.4 is 10.2 Å². The summed E-state index contributed by atoms with van der Waals surface area (Å²) >= 11 is 0. The van der Waals surface area contributed by atoms with Gasteiger partial charge >= 0.3 is 0 Å². The molecule has 6 nitrogen and oxygen atoms in total. The summed E-state index contributed by atoms with van der Waals surface area (Å²) < 4.78 is 24.1. The van der Waals surface area contributed by atoms with E-state index in [2.05, 4.69) is 20.2 Å². The van der Waals surface area contributed by atoms with Crippen LogP contribution in [0.3, 0.4) is 0 Å². The molecule has 1 atom stereocenters. The summed E-state index contributed by atoms with van der Waals surface area (Å²) in [6.45, 7) is 9.81. The maximum atomic E-state index is 12.5. The molecule has 1 aliphatic rings. The average Bonchev–Trinajstić information content (AvgIpc) is 3.08. The second-order valence-electron chi connectivity index (χ2n) is 8.12. The molecule has 0 radical (unpaired) electrons. The number of sulfone groups is 1.